The van der Waals surface area contributed by atoms with Crippen LogP contribution in [0.15, 0.2) is 11.4 Å². The van der Waals surface area contributed by atoms with Crippen LogP contribution in [0.1, 0.15) is 29.3 Å². The molecule has 0 bridgehead atoms. The van der Waals surface area contributed by atoms with Crippen molar-refractivity contribution in [3.8, 4) is 0 Å². The lowest BCUT2D eigenvalue weighted by atomic mass is 9.95. The molecule has 86 valence electrons. The largest absolute Gasteiger partial charge is 0.313 e. The minimum atomic E-state index is 0.683. The second-order valence-electron chi connectivity index (χ2n) is 5.38. The number of hydrogen-bond donors (Lipinski definition) is 1. The maximum atomic E-state index is 3.65. The maximum Gasteiger partial charge on any atom is 0.0572 e. The van der Waals surface area contributed by atoms with Crippen LogP contribution in [0.3, 0.4) is 0 Å². The summed E-state index contributed by atoms with van der Waals surface area (Å²) in [7, 11) is 0. The number of nitrogens with zero attached hydrogens (tertiary/aromatic N) is 1. The maximum absolute atomic E-state index is 3.65. The van der Waals surface area contributed by atoms with Crippen LogP contribution in [0, 0.1) is 5.92 Å². The van der Waals surface area contributed by atoms with Crippen molar-refractivity contribution in [2.75, 3.05) is 19.6 Å². The van der Waals surface area contributed by atoms with Crippen molar-refractivity contribution in [3.63, 3.8) is 0 Å². The molecule has 2 aliphatic heterocycles. The summed E-state index contributed by atoms with van der Waals surface area (Å²) in [4.78, 5) is 4.44. The van der Waals surface area contributed by atoms with E-state index in [1.807, 2.05) is 11.3 Å². The van der Waals surface area contributed by atoms with Gasteiger partial charge in [-0.1, -0.05) is 0 Å². The number of nitrogens with one attached hydrogen (secondary N) is 1. The third kappa shape index (κ3) is 1.38. The molecule has 1 aromatic heterocycles. The Bertz CT molecular complexity index is 396. The summed E-state index contributed by atoms with van der Waals surface area (Å²) in [6, 6.07) is 3.84. The summed E-state index contributed by atoms with van der Waals surface area (Å²) in [5.74, 6) is 0.997. The van der Waals surface area contributed by atoms with Gasteiger partial charge >= 0.3 is 0 Å². The van der Waals surface area contributed by atoms with Crippen LogP contribution in [0.5, 0.6) is 0 Å². The van der Waals surface area contributed by atoms with Gasteiger partial charge in [0.25, 0.3) is 0 Å². The highest BCUT2D eigenvalue weighted by molar-refractivity contribution is 7.10. The van der Waals surface area contributed by atoms with Gasteiger partial charge in [-0.25, -0.2) is 0 Å². The second kappa shape index (κ2) is 3.56. The minimum absolute atomic E-state index is 0.683. The summed E-state index contributed by atoms with van der Waals surface area (Å²) < 4.78 is 0. The summed E-state index contributed by atoms with van der Waals surface area (Å²) in [6.45, 7) is 3.68. The van der Waals surface area contributed by atoms with Gasteiger partial charge in [-0.3, -0.25) is 4.90 Å². The van der Waals surface area contributed by atoms with E-state index < -0.39 is 0 Å². The highest BCUT2D eigenvalue weighted by Crippen LogP contribution is 2.43. The lowest BCUT2D eigenvalue weighted by Gasteiger charge is -2.45. The van der Waals surface area contributed by atoms with Crippen LogP contribution in [0.2, 0.25) is 0 Å². The van der Waals surface area contributed by atoms with Crippen LogP contribution < -0.4 is 5.32 Å². The first-order valence-electron chi connectivity index (χ1n) is 6.46. The van der Waals surface area contributed by atoms with Crippen LogP contribution >= 0.6 is 11.3 Å². The van der Waals surface area contributed by atoms with E-state index in [1.54, 1.807) is 10.4 Å². The van der Waals surface area contributed by atoms with Gasteiger partial charge in [0, 0.05) is 30.6 Å². The Morgan fingerprint density at radius 2 is 2.25 bits per heavy atom. The van der Waals surface area contributed by atoms with E-state index in [2.05, 4.69) is 21.7 Å². The molecule has 0 radical (unpaired) electrons. The molecule has 1 aliphatic carbocycles. The van der Waals surface area contributed by atoms with Crippen molar-refractivity contribution in [1.29, 1.82) is 0 Å². The van der Waals surface area contributed by atoms with Crippen molar-refractivity contribution < 1.29 is 0 Å². The second-order valence-corrected chi connectivity index (χ2v) is 6.32. The van der Waals surface area contributed by atoms with E-state index in [0.29, 0.717) is 6.04 Å². The zero-order valence-electron chi connectivity index (χ0n) is 9.48. The average molecular weight is 234 g/mol. The number of hydrogen-bond acceptors (Lipinski definition) is 3. The molecule has 2 fully saturated rings. The topological polar surface area (TPSA) is 15.3 Å². The highest BCUT2D eigenvalue weighted by atomic mass is 32.1. The zero-order valence-corrected chi connectivity index (χ0v) is 10.3. The van der Waals surface area contributed by atoms with Crippen molar-refractivity contribution >= 4 is 11.3 Å². The van der Waals surface area contributed by atoms with E-state index in [-0.39, 0.29) is 0 Å². The molecule has 1 saturated heterocycles. The monoisotopic (exact) mass is 234 g/mol. The lowest BCUT2D eigenvalue weighted by Crippen LogP contribution is -2.55. The molecule has 1 aromatic rings. The molecule has 2 unspecified atom stereocenters. The Hall–Kier alpha value is -0.380. The number of thiophene rings is 1. The van der Waals surface area contributed by atoms with E-state index in [1.165, 1.54) is 32.4 Å². The Morgan fingerprint density at radius 1 is 1.31 bits per heavy atom. The standard InChI is InChI=1S/C13H18N2S/c1-2-9(1)11-7-14-8-12-13-10(4-6-16-13)3-5-15(11)12/h4,6,9,11-12,14H,1-3,5,7-8H2. The molecule has 0 spiro atoms. The lowest BCUT2D eigenvalue weighted by molar-refractivity contribution is 0.0771. The fraction of sp³-hybridized carbons (Fsp3) is 0.692. The predicted molar refractivity (Wildman–Crippen MR) is 66.9 cm³/mol. The van der Waals surface area contributed by atoms with Gasteiger partial charge in [0.15, 0.2) is 0 Å². The summed E-state index contributed by atoms with van der Waals surface area (Å²) in [6.07, 6.45) is 4.21. The van der Waals surface area contributed by atoms with Crippen LogP contribution in [-0.2, 0) is 6.42 Å². The van der Waals surface area contributed by atoms with Gasteiger partial charge < -0.3 is 5.32 Å². The molecular weight excluding hydrogens is 216 g/mol. The van der Waals surface area contributed by atoms with Gasteiger partial charge in [0.1, 0.15) is 0 Å². The Kier molecular flexibility index (Phi) is 2.14. The van der Waals surface area contributed by atoms with Gasteiger partial charge in [0.2, 0.25) is 0 Å². The molecule has 2 atom stereocenters. The van der Waals surface area contributed by atoms with Gasteiger partial charge in [-0.05, 0) is 42.2 Å². The Balaban J connectivity index is 1.68. The van der Waals surface area contributed by atoms with E-state index in [9.17, 15) is 0 Å². The number of piperazine rings is 1. The van der Waals surface area contributed by atoms with Gasteiger partial charge in [-0.2, -0.15) is 0 Å². The molecule has 3 heteroatoms. The Labute approximate surface area is 101 Å². The third-order valence-corrected chi connectivity index (χ3v) is 5.47. The SMILES string of the molecule is c1cc2c(s1)C1CNCC(C3CC3)N1CC2. The first-order chi connectivity index (χ1) is 7.93. The number of fused-ring (bicyclic) bond motifs is 3. The first kappa shape index (κ1) is 9.63. The van der Waals surface area contributed by atoms with E-state index >= 15 is 0 Å². The van der Waals surface area contributed by atoms with Crippen molar-refractivity contribution in [2.45, 2.75) is 31.3 Å². The van der Waals surface area contributed by atoms with Crippen molar-refractivity contribution in [3.05, 3.63) is 21.9 Å². The average Bonchev–Trinajstić information content (AvgIpc) is 3.05. The van der Waals surface area contributed by atoms with Crippen LogP contribution in [0.25, 0.3) is 0 Å². The molecule has 0 aromatic carbocycles. The molecule has 1 saturated carbocycles. The molecule has 0 amide bonds. The number of rotatable bonds is 1. The zero-order chi connectivity index (χ0) is 10.5. The van der Waals surface area contributed by atoms with E-state index in [0.717, 1.165) is 18.5 Å². The van der Waals surface area contributed by atoms with Gasteiger partial charge in [0.05, 0.1) is 6.04 Å². The van der Waals surface area contributed by atoms with Crippen molar-refractivity contribution in [1.82, 2.24) is 10.2 Å². The molecule has 2 nitrogen and oxygen atoms in total. The van der Waals surface area contributed by atoms with E-state index in [4.69, 9.17) is 0 Å². The molecular formula is C13H18N2S. The highest BCUT2D eigenvalue weighted by Gasteiger charge is 2.42. The summed E-state index contributed by atoms with van der Waals surface area (Å²) >= 11 is 1.96. The predicted octanol–water partition coefficient (Wildman–Crippen LogP) is 2.03. The minimum Gasteiger partial charge on any atom is -0.313 e. The molecule has 3 heterocycles. The fourth-order valence-electron chi connectivity index (χ4n) is 3.41. The first-order valence-corrected chi connectivity index (χ1v) is 7.34. The Morgan fingerprint density at radius 3 is 3.12 bits per heavy atom. The summed E-state index contributed by atoms with van der Waals surface area (Å²) in [5, 5.41) is 5.92. The summed E-state index contributed by atoms with van der Waals surface area (Å²) in [5.41, 5.74) is 1.62. The molecule has 3 aliphatic rings. The third-order valence-electron chi connectivity index (χ3n) is 4.41. The van der Waals surface area contributed by atoms with Crippen LogP contribution in [0.4, 0.5) is 0 Å². The smallest absolute Gasteiger partial charge is 0.0572 e. The van der Waals surface area contributed by atoms with Crippen molar-refractivity contribution in [2.24, 2.45) is 5.92 Å². The molecule has 1 N–H and O–H groups in total. The molecule has 16 heavy (non-hydrogen) atoms. The van der Waals surface area contributed by atoms with Crippen LogP contribution in [-0.4, -0.2) is 30.6 Å². The normalized spacial score (nSPS) is 34.5. The van der Waals surface area contributed by atoms with Gasteiger partial charge in [-0.15, -0.1) is 11.3 Å². The fourth-order valence-corrected chi connectivity index (χ4v) is 4.49. The molecule has 4 rings (SSSR count). The quantitative estimate of drug-likeness (QED) is 0.800.